The number of ether oxygens (including phenoxy) is 1. The fraction of sp³-hybridized carbons (Fsp3) is 0.842. The highest BCUT2D eigenvalue weighted by Crippen LogP contribution is 2.71. The number of rotatable bonds is 16. The molecule has 9 nitrogen and oxygen atoms in total. The van der Waals surface area contributed by atoms with Crippen LogP contribution in [-0.4, -0.2) is 68.1 Å². The normalized spacial score (nSPS) is 38.0. The second kappa shape index (κ2) is 15.4. The summed E-state index contributed by atoms with van der Waals surface area (Å²) in [4.78, 5) is 24.4. The molecule has 47 heavy (non-hydrogen) atoms. The molecule has 4 fully saturated rings. The van der Waals surface area contributed by atoms with Gasteiger partial charge in [-0.05, 0) is 81.3 Å². The Morgan fingerprint density at radius 3 is 2.15 bits per heavy atom. The van der Waals surface area contributed by atoms with Crippen LogP contribution >= 0.6 is 0 Å². The fourth-order valence-corrected chi connectivity index (χ4v) is 10.8. The first-order valence-corrected chi connectivity index (χ1v) is 18.7. The van der Waals surface area contributed by atoms with Crippen LogP contribution in [0.3, 0.4) is 0 Å². The lowest BCUT2D eigenvalue weighted by Crippen LogP contribution is -2.72. The number of hydrogen-bond donors (Lipinski definition) is 5. The van der Waals surface area contributed by atoms with Gasteiger partial charge < -0.3 is 34.7 Å². The SMILES string of the molecule is C[C@]12C[C@@H](O)[C@H]3[C@@H](CC[C@]4(O)C[C@@H](OC(=O)CCCCCCCCCCCCCO)CC[C@]34CO)[C@@]1(O)CC[C@@H]2c1ccc(=O)oc1. The molecule has 5 N–H and O–H groups in total. The zero-order chi connectivity index (χ0) is 33.7. The second-order valence-corrected chi connectivity index (χ2v) is 15.8. The van der Waals surface area contributed by atoms with Gasteiger partial charge in [0.15, 0.2) is 0 Å². The zero-order valence-electron chi connectivity index (χ0n) is 28.5. The lowest BCUT2D eigenvalue weighted by Gasteiger charge is -2.67. The van der Waals surface area contributed by atoms with Crippen molar-refractivity contribution in [2.24, 2.45) is 22.7 Å². The standard InChI is InChI=1S/C38H60O9/c1-35-24-31(41)34-30(38(35,45)21-18-29(35)27-14-15-32(42)46-25-27)17-20-37(44)23-28(16-19-36(34,37)26-40)47-33(43)13-11-9-7-5-3-2-4-6-8-10-12-22-39/h14-15,25,28-31,34,39-41,44-45H,2-13,16-24,26H2,1H3/t28-,29+,30+,31+,34+,35+,36-,37-,38-/m0/s1. The van der Waals surface area contributed by atoms with Gasteiger partial charge in [-0.25, -0.2) is 4.79 Å². The molecule has 5 rings (SSSR count). The summed E-state index contributed by atoms with van der Waals surface area (Å²) in [5, 5.41) is 56.4. The number of esters is 1. The van der Waals surface area contributed by atoms with E-state index in [1.54, 1.807) is 6.07 Å². The molecule has 1 aromatic rings. The van der Waals surface area contributed by atoms with E-state index in [0.717, 1.165) is 37.7 Å². The van der Waals surface area contributed by atoms with Crippen molar-refractivity contribution in [2.75, 3.05) is 13.2 Å². The predicted octanol–water partition coefficient (Wildman–Crippen LogP) is 5.52. The van der Waals surface area contributed by atoms with Crippen molar-refractivity contribution in [2.45, 2.75) is 165 Å². The van der Waals surface area contributed by atoms with Crippen LogP contribution in [0, 0.1) is 22.7 Å². The predicted molar refractivity (Wildman–Crippen MR) is 178 cm³/mol. The Morgan fingerprint density at radius 2 is 1.53 bits per heavy atom. The number of fused-ring (bicyclic) bond motifs is 5. The molecule has 0 unspecified atom stereocenters. The fourth-order valence-electron chi connectivity index (χ4n) is 10.8. The minimum atomic E-state index is -1.31. The maximum Gasteiger partial charge on any atom is 0.335 e. The van der Waals surface area contributed by atoms with Crippen molar-refractivity contribution < 1.29 is 39.5 Å². The van der Waals surface area contributed by atoms with Crippen LogP contribution in [-0.2, 0) is 9.53 Å². The molecule has 0 aromatic carbocycles. The topological polar surface area (TPSA) is 158 Å². The van der Waals surface area contributed by atoms with Gasteiger partial charge in [0, 0.05) is 42.3 Å². The highest BCUT2D eigenvalue weighted by Gasteiger charge is 2.73. The maximum atomic E-state index is 12.8. The third-order valence-corrected chi connectivity index (χ3v) is 13.3. The van der Waals surface area contributed by atoms with E-state index in [1.807, 2.05) is 6.92 Å². The number of aliphatic hydroxyl groups is 5. The highest BCUT2D eigenvalue weighted by atomic mass is 16.5. The largest absolute Gasteiger partial charge is 0.462 e. The summed E-state index contributed by atoms with van der Waals surface area (Å²) in [5.41, 5.74) is -3.65. The summed E-state index contributed by atoms with van der Waals surface area (Å²) in [7, 11) is 0. The Hall–Kier alpha value is -1.78. The minimum absolute atomic E-state index is 0.0910. The first-order valence-electron chi connectivity index (χ1n) is 18.7. The molecule has 0 bridgehead atoms. The highest BCUT2D eigenvalue weighted by molar-refractivity contribution is 5.69. The van der Waals surface area contributed by atoms with E-state index in [4.69, 9.17) is 14.3 Å². The van der Waals surface area contributed by atoms with Crippen LogP contribution in [0.25, 0.3) is 0 Å². The molecule has 1 heterocycles. The molecule has 4 aliphatic rings. The van der Waals surface area contributed by atoms with E-state index < -0.39 is 45.8 Å². The average Bonchev–Trinajstić information content (AvgIpc) is 3.31. The van der Waals surface area contributed by atoms with Crippen molar-refractivity contribution in [3.8, 4) is 0 Å². The third-order valence-electron chi connectivity index (χ3n) is 13.3. The van der Waals surface area contributed by atoms with Gasteiger partial charge in [0.05, 0.1) is 30.2 Å². The number of hydrogen-bond acceptors (Lipinski definition) is 9. The average molecular weight is 661 g/mol. The van der Waals surface area contributed by atoms with Gasteiger partial charge >= 0.3 is 11.6 Å². The Balaban J connectivity index is 1.13. The number of aliphatic hydroxyl groups excluding tert-OH is 3. The molecule has 0 amide bonds. The molecular formula is C38H60O9. The van der Waals surface area contributed by atoms with E-state index in [9.17, 15) is 30.0 Å². The van der Waals surface area contributed by atoms with E-state index in [-0.39, 0.29) is 30.8 Å². The Morgan fingerprint density at radius 1 is 0.872 bits per heavy atom. The zero-order valence-corrected chi connectivity index (χ0v) is 28.5. The smallest absolute Gasteiger partial charge is 0.335 e. The summed E-state index contributed by atoms with van der Waals surface area (Å²) in [6.45, 7) is 2.02. The molecule has 0 spiro atoms. The van der Waals surface area contributed by atoms with E-state index in [2.05, 4.69) is 0 Å². The van der Waals surface area contributed by atoms with E-state index in [1.165, 1.54) is 50.9 Å². The van der Waals surface area contributed by atoms with Crippen LogP contribution in [0.4, 0.5) is 0 Å². The number of carbonyl (C=O) groups excluding carboxylic acids is 1. The van der Waals surface area contributed by atoms with Gasteiger partial charge in [-0.2, -0.15) is 0 Å². The summed E-state index contributed by atoms with van der Waals surface area (Å²) in [6, 6.07) is 3.16. The molecule has 0 aliphatic heterocycles. The minimum Gasteiger partial charge on any atom is -0.462 e. The summed E-state index contributed by atoms with van der Waals surface area (Å²) < 4.78 is 11.1. The van der Waals surface area contributed by atoms with E-state index in [0.29, 0.717) is 58.0 Å². The molecule has 266 valence electrons. The molecule has 9 heteroatoms. The summed E-state index contributed by atoms with van der Waals surface area (Å²) in [5.74, 6) is -1.12. The van der Waals surface area contributed by atoms with E-state index >= 15 is 0 Å². The van der Waals surface area contributed by atoms with Crippen molar-refractivity contribution in [1.29, 1.82) is 0 Å². The molecular weight excluding hydrogens is 600 g/mol. The quantitative estimate of drug-likeness (QED) is 0.114. The molecule has 4 saturated carbocycles. The van der Waals surface area contributed by atoms with Crippen LogP contribution in [0.15, 0.2) is 27.6 Å². The first kappa shape index (κ1) is 36.5. The lowest BCUT2D eigenvalue weighted by atomic mass is 9.41. The number of carbonyl (C=O) groups is 1. The Labute approximate surface area is 280 Å². The van der Waals surface area contributed by atoms with Crippen LogP contribution < -0.4 is 5.63 Å². The van der Waals surface area contributed by atoms with Crippen LogP contribution in [0.5, 0.6) is 0 Å². The first-order chi connectivity index (χ1) is 22.5. The van der Waals surface area contributed by atoms with Crippen LogP contribution in [0.2, 0.25) is 0 Å². The molecule has 4 aliphatic carbocycles. The second-order valence-electron chi connectivity index (χ2n) is 15.8. The van der Waals surface area contributed by atoms with Crippen molar-refractivity contribution >= 4 is 5.97 Å². The lowest BCUT2D eigenvalue weighted by molar-refractivity contribution is -0.292. The van der Waals surface area contributed by atoms with Crippen LogP contribution in [0.1, 0.15) is 147 Å². The van der Waals surface area contributed by atoms with Gasteiger partial charge in [-0.15, -0.1) is 0 Å². The third kappa shape index (κ3) is 7.12. The van der Waals surface area contributed by atoms with Crippen molar-refractivity contribution in [3.05, 3.63) is 34.4 Å². The maximum absolute atomic E-state index is 12.8. The number of unbranched alkanes of at least 4 members (excludes halogenated alkanes) is 10. The molecule has 0 saturated heterocycles. The Kier molecular flexibility index (Phi) is 12.0. The van der Waals surface area contributed by atoms with Crippen molar-refractivity contribution in [3.63, 3.8) is 0 Å². The van der Waals surface area contributed by atoms with Gasteiger partial charge in [0.2, 0.25) is 0 Å². The monoisotopic (exact) mass is 660 g/mol. The summed E-state index contributed by atoms with van der Waals surface area (Å²) >= 11 is 0. The van der Waals surface area contributed by atoms with Gasteiger partial charge in [0.25, 0.3) is 0 Å². The van der Waals surface area contributed by atoms with Gasteiger partial charge in [-0.3, -0.25) is 4.79 Å². The summed E-state index contributed by atoms with van der Waals surface area (Å²) in [6.07, 6.45) is 16.4. The molecule has 1 aromatic heterocycles. The molecule has 9 atom stereocenters. The molecule has 0 radical (unpaired) electrons. The van der Waals surface area contributed by atoms with Gasteiger partial charge in [-0.1, -0.05) is 64.7 Å². The van der Waals surface area contributed by atoms with Crippen molar-refractivity contribution in [1.82, 2.24) is 0 Å². The Bertz CT molecular complexity index is 1210. The van der Waals surface area contributed by atoms with Gasteiger partial charge in [0.1, 0.15) is 6.10 Å².